The molecule has 0 aliphatic rings. The van der Waals surface area contributed by atoms with E-state index < -0.39 is 0 Å². The second kappa shape index (κ2) is 5.71. The Morgan fingerprint density at radius 3 is 2.74 bits per heavy atom. The van der Waals surface area contributed by atoms with Gasteiger partial charge in [-0.1, -0.05) is 35.4 Å². The maximum atomic E-state index is 12.1. The van der Waals surface area contributed by atoms with Crippen molar-refractivity contribution in [3.8, 4) is 0 Å². The third kappa shape index (κ3) is 3.12. The summed E-state index contributed by atoms with van der Waals surface area (Å²) < 4.78 is 0. The zero-order valence-electron chi connectivity index (χ0n) is 10.4. The number of hydrogen-bond donors (Lipinski definition) is 1. The lowest BCUT2D eigenvalue weighted by Gasteiger charge is -2.07. The topological polar surface area (TPSA) is 77.9 Å². The number of benzene rings is 2. The molecule has 0 bridgehead atoms. The highest BCUT2D eigenvalue weighted by molar-refractivity contribution is 6.05. The molecule has 1 N–H and O–H groups in total. The summed E-state index contributed by atoms with van der Waals surface area (Å²) in [4.78, 5) is 14.8. The summed E-state index contributed by atoms with van der Waals surface area (Å²) in [6.45, 7) is 1.88. The van der Waals surface area contributed by atoms with Crippen LogP contribution >= 0.6 is 0 Å². The molecule has 0 aromatic heterocycles. The predicted molar refractivity (Wildman–Crippen MR) is 74.4 cm³/mol. The quantitative estimate of drug-likeness (QED) is 0.496. The van der Waals surface area contributed by atoms with Crippen LogP contribution in [0.3, 0.4) is 0 Å². The molecular formula is C14H12N4O. The van der Waals surface area contributed by atoms with Gasteiger partial charge in [0.05, 0.1) is 0 Å². The maximum Gasteiger partial charge on any atom is 0.255 e. The van der Waals surface area contributed by atoms with Crippen LogP contribution in [0.25, 0.3) is 10.4 Å². The molecule has 19 heavy (non-hydrogen) atoms. The summed E-state index contributed by atoms with van der Waals surface area (Å²) in [6.07, 6.45) is 0. The molecule has 0 fully saturated rings. The van der Waals surface area contributed by atoms with E-state index in [0.29, 0.717) is 16.9 Å². The van der Waals surface area contributed by atoms with E-state index in [0.717, 1.165) is 5.56 Å². The Kier molecular flexibility index (Phi) is 3.81. The number of nitrogens with one attached hydrogen (secondary N) is 1. The third-order valence-electron chi connectivity index (χ3n) is 2.65. The van der Waals surface area contributed by atoms with Crippen molar-refractivity contribution < 1.29 is 4.79 Å². The van der Waals surface area contributed by atoms with Crippen molar-refractivity contribution in [2.45, 2.75) is 6.92 Å². The molecule has 0 radical (unpaired) electrons. The first-order valence-corrected chi connectivity index (χ1v) is 5.73. The number of hydrogen-bond acceptors (Lipinski definition) is 2. The van der Waals surface area contributed by atoms with Crippen LogP contribution in [0.5, 0.6) is 0 Å². The minimum Gasteiger partial charge on any atom is -0.322 e. The molecule has 5 nitrogen and oxygen atoms in total. The lowest BCUT2D eigenvalue weighted by atomic mass is 10.1. The SMILES string of the molecule is Cc1ccccc1C(=O)Nc1cccc(N=[N+]=[N-])c1. The molecule has 1 amide bonds. The number of carbonyl (C=O) groups excluding carboxylic acids is 1. The number of carbonyl (C=O) groups is 1. The predicted octanol–water partition coefficient (Wildman–Crippen LogP) is 4.19. The number of nitrogens with zero attached hydrogens (tertiary/aromatic N) is 3. The Balaban J connectivity index is 2.22. The standard InChI is InChI=1S/C14H12N4O/c1-10-5-2-3-8-13(10)14(19)16-11-6-4-7-12(9-11)17-18-15/h2-9H,1H3,(H,16,19). The fraction of sp³-hybridized carbons (Fsp3) is 0.0714. The van der Waals surface area contributed by atoms with Crippen LogP contribution < -0.4 is 5.32 Å². The Hall–Kier alpha value is -2.78. The van der Waals surface area contributed by atoms with Gasteiger partial charge >= 0.3 is 0 Å². The van der Waals surface area contributed by atoms with Gasteiger partial charge in [-0.15, -0.1) is 0 Å². The first kappa shape index (κ1) is 12.7. The van der Waals surface area contributed by atoms with Gasteiger partial charge in [-0.2, -0.15) is 0 Å². The Labute approximate surface area is 110 Å². The second-order valence-corrected chi connectivity index (χ2v) is 4.01. The van der Waals surface area contributed by atoms with Crippen molar-refractivity contribution in [1.29, 1.82) is 0 Å². The van der Waals surface area contributed by atoms with Crippen LogP contribution in [0.15, 0.2) is 53.6 Å². The molecule has 2 rings (SSSR count). The van der Waals surface area contributed by atoms with Crippen molar-refractivity contribution in [2.24, 2.45) is 5.11 Å². The number of azide groups is 1. The number of amides is 1. The summed E-state index contributed by atoms with van der Waals surface area (Å²) in [5.41, 5.74) is 11.0. The van der Waals surface area contributed by atoms with Crippen molar-refractivity contribution in [3.05, 3.63) is 70.1 Å². The van der Waals surface area contributed by atoms with Gasteiger partial charge in [0.2, 0.25) is 0 Å². The van der Waals surface area contributed by atoms with E-state index in [1.54, 1.807) is 30.3 Å². The molecular weight excluding hydrogens is 240 g/mol. The van der Waals surface area contributed by atoms with E-state index >= 15 is 0 Å². The van der Waals surface area contributed by atoms with Crippen molar-refractivity contribution in [1.82, 2.24) is 0 Å². The normalized spacial score (nSPS) is 9.53. The molecule has 0 aliphatic heterocycles. The van der Waals surface area contributed by atoms with Gasteiger partial charge in [-0.3, -0.25) is 4.79 Å². The van der Waals surface area contributed by atoms with Gasteiger partial charge < -0.3 is 5.32 Å². The number of anilines is 1. The molecule has 5 heteroatoms. The zero-order valence-corrected chi connectivity index (χ0v) is 10.4. The molecule has 0 aliphatic carbocycles. The van der Waals surface area contributed by atoms with Crippen molar-refractivity contribution in [2.75, 3.05) is 5.32 Å². The smallest absolute Gasteiger partial charge is 0.255 e. The van der Waals surface area contributed by atoms with Gasteiger partial charge in [-0.25, -0.2) is 0 Å². The lowest BCUT2D eigenvalue weighted by Crippen LogP contribution is -2.13. The third-order valence-corrected chi connectivity index (χ3v) is 2.65. The molecule has 2 aromatic rings. The fourth-order valence-electron chi connectivity index (χ4n) is 1.72. The van der Waals surface area contributed by atoms with Gasteiger partial charge in [0.15, 0.2) is 0 Å². The Bertz CT molecular complexity index is 660. The Morgan fingerprint density at radius 1 is 1.21 bits per heavy atom. The summed E-state index contributed by atoms with van der Waals surface area (Å²) >= 11 is 0. The lowest BCUT2D eigenvalue weighted by molar-refractivity contribution is 0.102. The average molecular weight is 252 g/mol. The van der Waals surface area contributed by atoms with Crippen molar-refractivity contribution >= 4 is 17.3 Å². The highest BCUT2D eigenvalue weighted by atomic mass is 16.1. The number of aryl methyl sites for hydroxylation is 1. The number of rotatable bonds is 3. The molecule has 0 saturated carbocycles. The minimum atomic E-state index is -0.184. The van der Waals surface area contributed by atoms with Gasteiger partial charge in [-0.05, 0) is 36.2 Å². The molecule has 2 aromatic carbocycles. The molecule has 0 spiro atoms. The largest absolute Gasteiger partial charge is 0.322 e. The first-order valence-electron chi connectivity index (χ1n) is 5.73. The summed E-state index contributed by atoms with van der Waals surface area (Å²) in [6, 6.07) is 14.1. The average Bonchev–Trinajstić information content (AvgIpc) is 2.40. The van der Waals surface area contributed by atoms with E-state index in [9.17, 15) is 4.79 Å². The fourth-order valence-corrected chi connectivity index (χ4v) is 1.72. The van der Waals surface area contributed by atoms with Crippen LogP contribution in [0.2, 0.25) is 0 Å². The summed E-state index contributed by atoms with van der Waals surface area (Å²) in [5, 5.41) is 6.27. The summed E-state index contributed by atoms with van der Waals surface area (Å²) in [7, 11) is 0. The van der Waals surface area contributed by atoms with E-state index in [1.807, 2.05) is 25.1 Å². The van der Waals surface area contributed by atoms with Crippen molar-refractivity contribution in [3.63, 3.8) is 0 Å². The second-order valence-electron chi connectivity index (χ2n) is 4.01. The highest BCUT2D eigenvalue weighted by Gasteiger charge is 2.08. The van der Waals surface area contributed by atoms with Crippen LogP contribution in [-0.2, 0) is 0 Å². The van der Waals surface area contributed by atoms with Crippen LogP contribution in [0.4, 0.5) is 11.4 Å². The van der Waals surface area contributed by atoms with E-state index in [1.165, 1.54) is 0 Å². The van der Waals surface area contributed by atoms with Gasteiger partial charge in [0.25, 0.3) is 5.91 Å². The van der Waals surface area contributed by atoms with Gasteiger partial charge in [0.1, 0.15) is 0 Å². The van der Waals surface area contributed by atoms with Crippen LogP contribution in [0, 0.1) is 6.92 Å². The van der Waals surface area contributed by atoms with Crippen LogP contribution in [0.1, 0.15) is 15.9 Å². The van der Waals surface area contributed by atoms with Crippen LogP contribution in [-0.4, -0.2) is 5.91 Å². The highest BCUT2D eigenvalue weighted by Crippen LogP contribution is 2.19. The van der Waals surface area contributed by atoms with E-state index in [2.05, 4.69) is 15.3 Å². The molecule has 94 valence electrons. The van der Waals surface area contributed by atoms with E-state index in [-0.39, 0.29) is 5.91 Å². The molecule has 0 unspecified atom stereocenters. The maximum absolute atomic E-state index is 12.1. The first-order chi connectivity index (χ1) is 9.20. The summed E-state index contributed by atoms with van der Waals surface area (Å²) in [5.74, 6) is -0.184. The minimum absolute atomic E-state index is 0.184. The zero-order chi connectivity index (χ0) is 13.7. The molecule has 0 saturated heterocycles. The monoisotopic (exact) mass is 252 g/mol. The molecule has 0 heterocycles. The van der Waals surface area contributed by atoms with Gasteiger partial charge in [0, 0.05) is 21.8 Å². The Morgan fingerprint density at radius 2 is 2.00 bits per heavy atom. The van der Waals surface area contributed by atoms with E-state index in [4.69, 9.17) is 5.53 Å². The molecule has 0 atom stereocenters.